The first-order valence-corrected chi connectivity index (χ1v) is 5.38. The zero-order valence-electron chi connectivity index (χ0n) is 8.33. The van der Waals surface area contributed by atoms with Crippen LogP contribution in [-0.4, -0.2) is 10.1 Å². The summed E-state index contributed by atoms with van der Waals surface area (Å²) in [6.07, 6.45) is -4.40. The first kappa shape index (κ1) is 12.1. The molecular weight excluding hydrogens is 301 g/mol. The smallest absolute Gasteiger partial charge is 0.329 e. The van der Waals surface area contributed by atoms with Gasteiger partial charge in [-0.15, -0.1) is 0 Å². The Kier molecular flexibility index (Phi) is 3.19. The van der Waals surface area contributed by atoms with Crippen LogP contribution in [0.15, 0.2) is 33.3 Å². The summed E-state index contributed by atoms with van der Waals surface area (Å²) in [5, 5.41) is 3.29. The van der Waals surface area contributed by atoms with E-state index in [0.29, 0.717) is 0 Å². The van der Waals surface area contributed by atoms with Gasteiger partial charge in [0.1, 0.15) is 0 Å². The number of nitrogens with zero attached hydrogens (tertiary/aromatic N) is 2. The third-order valence-corrected chi connectivity index (χ3v) is 2.46. The summed E-state index contributed by atoms with van der Waals surface area (Å²) in [5.41, 5.74) is 0.800. The molecule has 90 valence electrons. The molecule has 0 radical (unpaired) electrons. The van der Waals surface area contributed by atoms with Gasteiger partial charge in [0.25, 0.3) is 0 Å². The highest BCUT2D eigenvalue weighted by atomic mass is 79.9. The third kappa shape index (κ3) is 3.06. The van der Waals surface area contributed by atoms with Gasteiger partial charge >= 0.3 is 12.1 Å². The van der Waals surface area contributed by atoms with E-state index < -0.39 is 12.1 Å². The summed E-state index contributed by atoms with van der Waals surface area (Å²) in [6.45, 7) is 0. The van der Waals surface area contributed by atoms with Crippen molar-refractivity contribution in [1.82, 2.24) is 10.1 Å². The van der Waals surface area contributed by atoms with Gasteiger partial charge in [0.2, 0.25) is 0 Å². The lowest BCUT2D eigenvalue weighted by Gasteiger charge is -1.97. The van der Waals surface area contributed by atoms with Gasteiger partial charge in [-0.25, -0.2) is 0 Å². The van der Waals surface area contributed by atoms with E-state index in [9.17, 15) is 13.2 Å². The fourth-order valence-corrected chi connectivity index (χ4v) is 1.72. The summed E-state index contributed by atoms with van der Waals surface area (Å²) >= 11 is 3.27. The molecule has 0 fully saturated rings. The van der Waals surface area contributed by atoms with Crippen LogP contribution >= 0.6 is 15.9 Å². The molecule has 0 aliphatic carbocycles. The van der Waals surface area contributed by atoms with Crippen LogP contribution in [0, 0.1) is 0 Å². The Morgan fingerprint density at radius 1 is 1.29 bits per heavy atom. The predicted octanol–water partition coefficient (Wildman–Crippen LogP) is 3.44. The molecule has 2 rings (SSSR count). The van der Waals surface area contributed by atoms with Crippen LogP contribution in [0.1, 0.15) is 17.3 Å². The molecule has 0 unspecified atom stereocenters. The lowest BCUT2D eigenvalue weighted by molar-refractivity contribution is -0.159. The van der Waals surface area contributed by atoms with Crippen LogP contribution < -0.4 is 0 Å². The highest BCUT2D eigenvalue weighted by molar-refractivity contribution is 9.10. The van der Waals surface area contributed by atoms with Crippen molar-refractivity contribution in [2.75, 3.05) is 0 Å². The van der Waals surface area contributed by atoms with Crippen LogP contribution in [0.25, 0.3) is 0 Å². The minimum atomic E-state index is -4.59. The highest BCUT2D eigenvalue weighted by Crippen LogP contribution is 2.27. The lowest BCUT2D eigenvalue weighted by atomic mass is 10.1. The van der Waals surface area contributed by atoms with Gasteiger partial charge < -0.3 is 4.52 Å². The summed E-state index contributed by atoms with van der Waals surface area (Å²) in [4.78, 5) is 3.29. The van der Waals surface area contributed by atoms with Gasteiger partial charge in [0.05, 0.1) is 0 Å². The maximum Gasteiger partial charge on any atom is 0.471 e. The van der Waals surface area contributed by atoms with Gasteiger partial charge in [-0.1, -0.05) is 33.2 Å². The molecule has 0 aliphatic heterocycles. The van der Waals surface area contributed by atoms with Gasteiger partial charge in [-0.3, -0.25) is 0 Å². The molecule has 0 aliphatic rings. The quantitative estimate of drug-likeness (QED) is 0.853. The SMILES string of the molecule is FC(F)(F)c1nc(Cc2cccc(Br)c2)no1. The molecule has 0 N–H and O–H groups in total. The molecule has 3 nitrogen and oxygen atoms in total. The van der Waals surface area contributed by atoms with Crippen molar-refractivity contribution in [3.05, 3.63) is 46.0 Å². The van der Waals surface area contributed by atoms with Gasteiger partial charge in [-0.2, -0.15) is 18.2 Å². The number of rotatable bonds is 2. The fraction of sp³-hybridized carbons (Fsp3) is 0.200. The average Bonchev–Trinajstić information content (AvgIpc) is 2.65. The van der Waals surface area contributed by atoms with E-state index in [1.54, 1.807) is 18.2 Å². The molecule has 1 aromatic heterocycles. The van der Waals surface area contributed by atoms with Gasteiger partial charge in [0, 0.05) is 10.9 Å². The Hall–Kier alpha value is -1.37. The zero-order valence-corrected chi connectivity index (χ0v) is 9.92. The largest absolute Gasteiger partial charge is 0.471 e. The number of hydrogen-bond donors (Lipinski definition) is 0. The van der Waals surface area contributed by atoms with Crippen molar-refractivity contribution in [3.63, 3.8) is 0 Å². The summed E-state index contributed by atoms with van der Waals surface area (Å²) in [5.74, 6) is -1.31. The second kappa shape index (κ2) is 4.48. The van der Waals surface area contributed by atoms with Crippen LogP contribution in [0.5, 0.6) is 0 Å². The molecule has 2 aromatic rings. The fourth-order valence-electron chi connectivity index (χ4n) is 1.27. The van der Waals surface area contributed by atoms with Gasteiger partial charge in [0.15, 0.2) is 5.82 Å². The molecule has 1 aromatic carbocycles. The molecule has 0 bridgehead atoms. The van der Waals surface area contributed by atoms with E-state index in [-0.39, 0.29) is 12.2 Å². The third-order valence-electron chi connectivity index (χ3n) is 1.96. The number of alkyl halides is 3. The Morgan fingerprint density at radius 2 is 2.06 bits per heavy atom. The average molecular weight is 307 g/mol. The molecular formula is C10H6BrF3N2O. The van der Waals surface area contributed by atoms with Crippen LogP contribution in [0.3, 0.4) is 0 Å². The summed E-state index contributed by atoms with van der Waals surface area (Å²) in [6, 6.07) is 7.16. The van der Waals surface area contributed by atoms with E-state index in [0.717, 1.165) is 10.0 Å². The maximum absolute atomic E-state index is 12.2. The Balaban J connectivity index is 2.17. The van der Waals surface area contributed by atoms with E-state index in [4.69, 9.17) is 0 Å². The molecule has 17 heavy (non-hydrogen) atoms. The van der Waals surface area contributed by atoms with Crippen molar-refractivity contribution in [2.24, 2.45) is 0 Å². The first-order chi connectivity index (χ1) is 7.95. The van der Waals surface area contributed by atoms with Crippen molar-refractivity contribution >= 4 is 15.9 Å². The van der Waals surface area contributed by atoms with E-state index in [1.165, 1.54) is 0 Å². The lowest BCUT2D eigenvalue weighted by Crippen LogP contribution is -2.05. The topological polar surface area (TPSA) is 38.9 Å². The maximum atomic E-state index is 12.2. The molecule has 0 atom stereocenters. The Labute approximate surface area is 103 Å². The molecule has 0 amide bonds. The molecule has 0 saturated carbocycles. The molecule has 0 spiro atoms. The van der Waals surface area contributed by atoms with Crippen molar-refractivity contribution in [1.29, 1.82) is 0 Å². The highest BCUT2D eigenvalue weighted by Gasteiger charge is 2.38. The minimum Gasteiger partial charge on any atom is -0.329 e. The van der Waals surface area contributed by atoms with E-state index in [2.05, 4.69) is 30.6 Å². The molecule has 7 heteroatoms. The molecule has 0 saturated heterocycles. The van der Waals surface area contributed by atoms with E-state index >= 15 is 0 Å². The number of aromatic nitrogens is 2. The second-order valence-corrected chi connectivity index (χ2v) is 4.24. The Bertz CT molecular complexity index is 524. The van der Waals surface area contributed by atoms with Crippen LogP contribution in [0.2, 0.25) is 0 Å². The number of halogens is 4. The normalized spacial score (nSPS) is 11.8. The Morgan fingerprint density at radius 3 is 2.65 bits per heavy atom. The van der Waals surface area contributed by atoms with E-state index in [1.807, 2.05) is 6.07 Å². The van der Waals surface area contributed by atoms with Crippen molar-refractivity contribution in [3.8, 4) is 0 Å². The minimum absolute atomic E-state index is 0.00965. The zero-order chi connectivity index (χ0) is 12.5. The molecule has 1 heterocycles. The van der Waals surface area contributed by atoms with Crippen LogP contribution in [-0.2, 0) is 12.6 Å². The predicted molar refractivity (Wildman–Crippen MR) is 56.2 cm³/mol. The van der Waals surface area contributed by atoms with Gasteiger partial charge in [-0.05, 0) is 17.7 Å². The summed E-state index contributed by atoms with van der Waals surface area (Å²) < 4.78 is 41.6. The monoisotopic (exact) mass is 306 g/mol. The first-order valence-electron chi connectivity index (χ1n) is 4.59. The van der Waals surface area contributed by atoms with Crippen molar-refractivity contribution in [2.45, 2.75) is 12.6 Å². The van der Waals surface area contributed by atoms with Crippen LogP contribution in [0.4, 0.5) is 13.2 Å². The van der Waals surface area contributed by atoms with Crippen molar-refractivity contribution < 1.29 is 17.7 Å². The number of benzene rings is 1. The summed E-state index contributed by atoms with van der Waals surface area (Å²) in [7, 11) is 0. The number of hydrogen-bond acceptors (Lipinski definition) is 3. The second-order valence-electron chi connectivity index (χ2n) is 3.32. The standard InChI is InChI=1S/C10H6BrF3N2O/c11-7-3-1-2-6(4-7)5-8-15-9(17-16-8)10(12,13)14/h1-4H,5H2.